The van der Waals surface area contributed by atoms with E-state index in [9.17, 15) is 4.79 Å². The van der Waals surface area contributed by atoms with E-state index in [0.29, 0.717) is 19.6 Å². The number of hydrogen-bond donors (Lipinski definition) is 2. The maximum Gasteiger partial charge on any atom is 0.295 e. The van der Waals surface area contributed by atoms with Crippen molar-refractivity contribution >= 4 is 6.47 Å². The topological polar surface area (TPSA) is 67.8 Å². The highest BCUT2D eigenvalue weighted by Crippen LogP contribution is 2.08. The lowest BCUT2D eigenvalue weighted by atomic mass is 10.2. The van der Waals surface area contributed by atoms with Crippen LogP contribution < -0.4 is 5.32 Å². The van der Waals surface area contributed by atoms with E-state index in [1.54, 1.807) is 0 Å². The molecule has 64 valence electrons. The molecule has 11 heavy (non-hydrogen) atoms. The number of carbonyl (C=O) groups excluding carboxylic acids is 1. The van der Waals surface area contributed by atoms with E-state index in [1.807, 2.05) is 0 Å². The fourth-order valence-corrected chi connectivity index (χ4v) is 0.946. The van der Waals surface area contributed by atoms with Gasteiger partial charge in [-0.3, -0.25) is 10.1 Å². The van der Waals surface area contributed by atoms with Crippen molar-refractivity contribution in [3.8, 4) is 0 Å². The van der Waals surface area contributed by atoms with E-state index < -0.39 is 5.72 Å². The molecule has 0 aromatic carbocycles. The number of rotatable bonds is 3. The number of hydrogen-bond acceptors (Lipinski definition) is 5. The summed E-state index contributed by atoms with van der Waals surface area (Å²) in [6, 6.07) is 0. The molecule has 1 atom stereocenters. The van der Waals surface area contributed by atoms with Gasteiger partial charge in [0, 0.05) is 6.54 Å². The van der Waals surface area contributed by atoms with Gasteiger partial charge >= 0.3 is 0 Å². The van der Waals surface area contributed by atoms with Crippen molar-refractivity contribution in [2.45, 2.75) is 5.72 Å². The lowest BCUT2D eigenvalue weighted by Gasteiger charge is -2.34. The van der Waals surface area contributed by atoms with Gasteiger partial charge in [-0.25, -0.2) is 0 Å². The third-order valence-corrected chi connectivity index (χ3v) is 1.56. The van der Waals surface area contributed by atoms with Gasteiger partial charge in [-0.05, 0) is 0 Å². The molecular weight excluding hydrogens is 150 g/mol. The van der Waals surface area contributed by atoms with Gasteiger partial charge in [0.2, 0.25) is 5.72 Å². The molecule has 0 saturated carbocycles. The van der Waals surface area contributed by atoms with Crippen molar-refractivity contribution in [3.63, 3.8) is 0 Å². The zero-order valence-corrected chi connectivity index (χ0v) is 6.08. The standard InChI is InChI=1S/C6H11NO4/c8-3-6(11-5-9)4-10-2-1-7-6/h5,7-8H,1-4H2. The van der Waals surface area contributed by atoms with E-state index in [1.165, 1.54) is 0 Å². The van der Waals surface area contributed by atoms with Crippen molar-refractivity contribution in [2.75, 3.05) is 26.4 Å². The second-order valence-corrected chi connectivity index (χ2v) is 2.35. The first-order valence-corrected chi connectivity index (χ1v) is 3.38. The van der Waals surface area contributed by atoms with Crippen LogP contribution in [-0.2, 0) is 14.3 Å². The molecule has 0 spiro atoms. The second kappa shape index (κ2) is 3.66. The number of aliphatic hydroxyl groups is 1. The summed E-state index contributed by atoms with van der Waals surface area (Å²) in [5, 5.41) is 11.7. The minimum absolute atomic E-state index is 0.197. The van der Waals surface area contributed by atoms with Gasteiger partial charge in [-0.1, -0.05) is 0 Å². The first-order valence-electron chi connectivity index (χ1n) is 3.38. The fourth-order valence-electron chi connectivity index (χ4n) is 0.946. The van der Waals surface area contributed by atoms with E-state index in [-0.39, 0.29) is 13.2 Å². The molecule has 1 aliphatic rings. The maximum absolute atomic E-state index is 10.0. The molecule has 0 aromatic heterocycles. The van der Waals surface area contributed by atoms with Crippen LogP contribution in [0.1, 0.15) is 0 Å². The van der Waals surface area contributed by atoms with E-state index in [0.717, 1.165) is 0 Å². The SMILES string of the molecule is O=COC1(CO)COCCN1. The molecule has 1 unspecified atom stereocenters. The smallest absolute Gasteiger partial charge is 0.295 e. The molecule has 1 fully saturated rings. The minimum atomic E-state index is -1.01. The van der Waals surface area contributed by atoms with Crippen molar-refractivity contribution in [1.82, 2.24) is 5.32 Å². The Morgan fingerprint density at radius 2 is 2.64 bits per heavy atom. The van der Waals surface area contributed by atoms with Crippen LogP contribution in [-0.4, -0.2) is 43.7 Å². The number of carbonyl (C=O) groups is 1. The molecule has 1 heterocycles. The molecule has 0 aliphatic carbocycles. The van der Waals surface area contributed by atoms with Crippen LogP contribution in [0.2, 0.25) is 0 Å². The average molecular weight is 161 g/mol. The Morgan fingerprint density at radius 3 is 3.09 bits per heavy atom. The molecule has 1 saturated heterocycles. The summed E-state index contributed by atoms with van der Waals surface area (Å²) in [5.74, 6) is 0. The minimum Gasteiger partial charge on any atom is -0.441 e. The Labute approximate surface area is 64.3 Å². The zero-order valence-electron chi connectivity index (χ0n) is 6.08. The molecule has 0 radical (unpaired) electrons. The summed E-state index contributed by atoms with van der Waals surface area (Å²) in [6.07, 6.45) is 0. The summed E-state index contributed by atoms with van der Waals surface area (Å²) < 4.78 is 9.68. The predicted octanol–water partition coefficient (Wildman–Crippen LogP) is -1.53. The van der Waals surface area contributed by atoms with Crippen LogP contribution in [0, 0.1) is 0 Å². The molecule has 5 heteroatoms. The third-order valence-electron chi connectivity index (χ3n) is 1.56. The molecular formula is C6H11NO4. The van der Waals surface area contributed by atoms with Gasteiger partial charge in [-0.2, -0.15) is 0 Å². The highest BCUT2D eigenvalue weighted by Gasteiger charge is 2.33. The molecule has 1 aliphatic heterocycles. The Morgan fingerprint density at radius 1 is 1.82 bits per heavy atom. The van der Waals surface area contributed by atoms with Gasteiger partial charge in [0.1, 0.15) is 6.61 Å². The Balaban J connectivity index is 2.49. The average Bonchev–Trinajstić information content (AvgIpc) is 2.07. The van der Waals surface area contributed by atoms with Gasteiger partial charge < -0.3 is 14.6 Å². The summed E-state index contributed by atoms with van der Waals surface area (Å²) in [7, 11) is 0. The summed E-state index contributed by atoms with van der Waals surface area (Å²) in [6.45, 7) is 1.38. The van der Waals surface area contributed by atoms with Crippen LogP contribution in [0.3, 0.4) is 0 Å². The Kier molecular flexibility index (Phi) is 2.81. The summed E-state index contributed by atoms with van der Waals surface area (Å²) >= 11 is 0. The largest absolute Gasteiger partial charge is 0.441 e. The number of morpholine rings is 1. The molecule has 0 bridgehead atoms. The normalized spacial score (nSPS) is 31.4. The lowest BCUT2D eigenvalue weighted by Crippen LogP contribution is -2.58. The molecule has 1 rings (SSSR count). The first kappa shape index (κ1) is 8.45. The number of ether oxygens (including phenoxy) is 2. The van der Waals surface area contributed by atoms with Crippen LogP contribution in [0.5, 0.6) is 0 Å². The predicted molar refractivity (Wildman–Crippen MR) is 35.8 cm³/mol. The fraction of sp³-hybridized carbons (Fsp3) is 0.833. The van der Waals surface area contributed by atoms with Crippen molar-refractivity contribution in [3.05, 3.63) is 0 Å². The van der Waals surface area contributed by atoms with Gasteiger partial charge in [0.05, 0.1) is 13.2 Å². The van der Waals surface area contributed by atoms with E-state index >= 15 is 0 Å². The monoisotopic (exact) mass is 161 g/mol. The van der Waals surface area contributed by atoms with Crippen molar-refractivity contribution < 1.29 is 19.4 Å². The third kappa shape index (κ3) is 1.89. The first-order chi connectivity index (χ1) is 5.33. The quantitative estimate of drug-likeness (QED) is 0.491. The lowest BCUT2D eigenvalue weighted by molar-refractivity contribution is -0.173. The van der Waals surface area contributed by atoms with Crippen LogP contribution in [0.4, 0.5) is 0 Å². The van der Waals surface area contributed by atoms with Crippen LogP contribution in [0.15, 0.2) is 0 Å². The molecule has 5 nitrogen and oxygen atoms in total. The summed E-state index contributed by atoms with van der Waals surface area (Å²) in [4.78, 5) is 10.0. The highest BCUT2D eigenvalue weighted by atomic mass is 16.6. The highest BCUT2D eigenvalue weighted by molar-refractivity contribution is 5.38. The Bertz CT molecular complexity index is 133. The van der Waals surface area contributed by atoms with Crippen molar-refractivity contribution in [1.29, 1.82) is 0 Å². The molecule has 2 N–H and O–H groups in total. The maximum atomic E-state index is 10.0. The molecule has 0 amide bonds. The van der Waals surface area contributed by atoms with Crippen LogP contribution in [0.25, 0.3) is 0 Å². The number of aliphatic hydroxyl groups excluding tert-OH is 1. The zero-order chi connectivity index (χ0) is 8.16. The second-order valence-electron chi connectivity index (χ2n) is 2.35. The summed E-state index contributed by atoms with van der Waals surface area (Å²) in [5.41, 5.74) is -1.01. The van der Waals surface area contributed by atoms with E-state index in [4.69, 9.17) is 9.84 Å². The molecule has 0 aromatic rings. The van der Waals surface area contributed by atoms with E-state index in [2.05, 4.69) is 10.1 Å². The number of nitrogens with one attached hydrogen (secondary N) is 1. The Hall–Kier alpha value is -0.650. The van der Waals surface area contributed by atoms with Crippen molar-refractivity contribution in [2.24, 2.45) is 0 Å². The van der Waals surface area contributed by atoms with Gasteiger partial charge in [0.15, 0.2) is 0 Å². The van der Waals surface area contributed by atoms with Gasteiger partial charge in [-0.15, -0.1) is 0 Å². The van der Waals surface area contributed by atoms with Gasteiger partial charge in [0.25, 0.3) is 6.47 Å². The van der Waals surface area contributed by atoms with Crippen LogP contribution >= 0.6 is 0 Å².